The highest BCUT2D eigenvalue weighted by atomic mass is 16.4. The molecule has 0 saturated heterocycles. The van der Waals surface area contributed by atoms with Gasteiger partial charge in [0.1, 0.15) is 24.2 Å². The number of guanidine groups is 1. The highest BCUT2D eigenvalue weighted by Crippen LogP contribution is 2.10. The maximum absolute atomic E-state index is 13.0. The summed E-state index contributed by atoms with van der Waals surface area (Å²) in [5.41, 5.74) is 16.2. The first kappa shape index (κ1) is 32.5. The molecule has 0 heterocycles. The average Bonchev–Trinajstić information content (AvgIpc) is 2.79. The quantitative estimate of drug-likeness (QED) is 0.0539. The molecule has 0 aromatic carbocycles. The van der Waals surface area contributed by atoms with Crippen LogP contribution in [0.5, 0.6) is 0 Å². The van der Waals surface area contributed by atoms with Crippen molar-refractivity contribution in [1.29, 1.82) is 0 Å². The van der Waals surface area contributed by atoms with Crippen molar-refractivity contribution in [3.05, 3.63) is 0 Å². The van der Waals surface area contributed by atoms with Gasteiger partial charge in [-0.1, -0.05) is 20.3 Å². The Morgan fingerprint density at radius 3 is 1.89 bits per heavy atom. The van der Waals surface area contributed by atoms with Gasteiger partial charge in [0.05, 0.1) is 6.10 Å². The number of nitrogens with two attached hydrogens (primary N) is 3. The molecule has 0 fully saturated rings. The molecule has 12 N–H and O–H groups in total. The van der Waals surface area contributed by atoms with Crippen LogP contribution in [0.1, 0.15) is 52.9 Å². The maximum Gasteiger partial charge on any atom is 0.326 e. The predicted molar refractivity (Wildman–Crippen MR) is 129 cm³/mol. The van der Waals surface area contributed by atoms with Crippen molar-refractivity contribution in [1.82, 2.24) is 16.0 Å². The Morgan fingerprint density at radius 2 is 1.42 bits per heavy atom. The van der Waals surface area contributed by atoms with Gasteiger partial charge < -0.3 is 48.5 Å². The third-order valence-electron chi connectivity index (χ3n) is 5.46. The lowest BCUT2D eigenvalue weighted by Crippen LogP contribution is -2.58. The molecular weight excluding hydrogens is 478 g/mol. The summed E-state index contributed by atoms with van der Waals surface area (Å²) in [5.74, 6) is -5.68. The molecule has 0 radical (unpaired) electrons. The highest BCUT2D eigenvalue weighted by Gasteiger charge is 2.32. The largest absolute Gasteiger partial charge is 0.481 e. The van der Waals surface area contributed by atoms with E-state index < -0.39 is 72.3 Å². The molecule has 0 aliphatic carbocycles. The first-order chi connectivity index (χ1) is 16.7. The molecule has 0 aliphatic rings. The van der Waals surface area contributed by atoms with Crippen molar-refractivity contribution in [2.75, 3.05) is 6.54 Å². The minimum absolute atomic E-state index is 0.0127. The highest BCUT2D eigenvalue weighted by molar-refractivity contribution is 5.94. The molecule has 3 amide bonds. The second-order valence-electron chi connectivity index (χ2n) is 8.48. The van der Waals surface area contributed by atoms with Gasteiger partial charge in [0, 0.05) is 13.0 Å². The summed E-state index contributed by atoms with van der Waals surface area (Å²) in [7, 11) is 0. The number of carboxylic acid groups (broad SMARTS) is 2. The van der Waals surface area contributed by atoms with E-state index in [1.165, 1.54) is 6.92 Å². The summed E-state index contributed by atoms with van der Waals surface area (Å²) in [6.45, 7) is 4.78. The SMILES string of the molecule is CCC(C)C(NC(=O)C(CCC(=O)O)NC(=O)C(CCCN=C(N)N)NC(=O)C(N)C(C)O)C(=O)O. The van der Waals surface area contributed by atoms with Crippen LogP contribution in [0.4, 0.5) is 0 Å². The second-order valence-corrected chi connectivity index (χ2v) is 8.48. The van der Waals surface area contributed by atoms with Crippen LogP contribution in [-0.4, -0.2) is 87.8 Å². The van der Waals surface area contributed by atoms with Crippen LogP contribution in [-0.2, 0) is 24.0 Å². The van der Waals surface area contributed by atoms with Gasteiger partial charge in [-0.25, -0.2) is 4.79 Å². The predicted octanol–water partition coefficient (Wildman–Crippen LogP) is -2.80. The summed E-state index contributed by atoms with van der Waals surface area (Å²) in [4.78, 5) is 64.6. The minimum Gasteiger partial charge on any atom is -0.481 e. The Labute approximate surface area is 209 Å². The standard InChI is InChI=1S/C21H39N7O8/c1-4-10(2)16(20(35)36)28-18(33)13(7-8-14(30)31)26-17(32)12(6-5-9-25-21(23)24)27-19(34)15(22)11(3)29/h10-13,15-16,29H,4-9,22H2,1-3H3,(H,26,32)(H,27,34)(H,28,33)(H,30,31)(H,35,36)(H4,23,24,25). The third-order valence-corrected chi connectivity index (χ3v) is 5.46. The monoisotopic (exact) mass is 517 g/mol. The number of hydrogen-bond acceptors (Lipinski definition) is 8. The van der Waals surface area contributed by atoms with E-state index in [-0.39, 0.29) is 31.8 Å². The fraction of sp³-hybridized carbons (Fsp3) is 0.714. The van der Waals surface area contributed by atoms with Gasteiger partial charge in [0.2, 0.25) is 17.7 Å². The van der Waals surface area contributed by atoms with E-state index in [4.69, 9.17) is 22.3 Å². The van der Waals surface area contributed by atoms with Crippen LogP contribution >= 0.6 is 0 Å². The molecular formula is C21H39N7O8. The van der Waals surface area contributed by atoms with Gasteiger partial charge in [-0.15, -0.1) is 0 Å². The number of carbonyl (C=O) groups is 5. The molecule has 6 unspecified atom stereocenters. The second kappa shape index (κ2) is 16.3. The number of carbonyl (C=O) groups excluding carboxylic acids is 3. The van der Waals surface area contributed by atoms with Crippen molar-refractivity contribution in [2.45, 2.75) is 83.1 Å². The molecule has 206 valence electrons. The number of carboxylic acids is 2. The number of hydrogen-bond donors (Lipinski definition) is 9. The van der Waals surface area contributed by atoms with Crippen molar-refractivity contribution in [3.63, 3.8) is 0 Å². The van der Waals surface area contributed by atoms with Gasteiger partial charge in [0.25, 0.3) is 0 Å². The number of nitrogens with one attached hydrogen (secondary N) is 3. The van der Waals surface area contributed by atoms with Crippen LogP contribution in [0.3, 0.4) is 0 Å². The van der Waals surface area contributed by atoms with Crippen molar-refractivity contribution in [3.8, 4) is 0 Å². The summed E-state index contributed by atoms with van der Waals surface area (Å²) in [6, 6.07) is -5.23. The lowest BCUT2D eigenvalue weighted by molar-refractivity contribution is -0.144. The molecule has 0 spiro atoms. The maximum atomic E-state index is 13.0. The lowest BCUT2D eigenvalue weighted by Gasteiger charge is -2.26. The van der Waals surface area contributed by atoms with E-state index in [0.29, 0.717) is 6.42 Å². The molecule has 15 nitrogen and oxygen atoms in total. The van der Waals surface area contributed by atoms with Crippen LogP contribution in [0.2, 0.25) is 0 Å². The molecule has 6 atom stereocenters. The number of aliphatic imine (C=N–C) groups is 1. The van der Waals surface area contributed by atoms with E-state index in [2.05, 4.69) is 20.9 Å². The number of amides is 3. The zero-order chi connectivity index (χ0) is 28.0. The molecule has 0 aromatic rings. The third kappa shape index (κ3) is 12.3. The number of nitrogens with zero attached hydrogens (tertiary/aromatic N) is 1. The number of aliphatic hydroxyl groups excluding tert-OH is 1. The van der Waals surface area contributed by atoms with Crippen LogP contribution < -0.4 is 33.2 Å². The van der Waals surface area contributed by atoms with Gasteiger partial charge >= 0.3 is 11.9 Å². The summed E-state index contributed by atoms with van der Waals surface area (Å²) in [6.07, 6.45) is -1.34. The Morgan fingerprint density at radius 1 is 0.889 bits per heavy atom. The smallest absolute Gasteiger partial charge is 0.326 e. The Hall–Kier alpha value is -3.46. The molecule has 0 bridgehead atoms. The topological polar surface area (TPSA) is 273 Å². The molecule has 0 aliphatic heterocycles. The Kier molecular flexibility index (Phi) is 14.7. The molecule has 0 saturated carbocycles. The van der Waals surface area contributed by atoms with E-state index in [1.807, 2.05) is 0 Å². The average molecular weight is 518 g/mol. The van der Waals surface area contributed by atoms with Gasteiger partial charge in [0.15, 0.2) is 5.96 Å². The van der Waals surface area contributed by atoms with Crippen molar-refractivity contribution < 1.29 is 39.3 Å². The summed E-state index contributed by atoms with van der Waals surface area (Å²) >= 11 is 0. The Balaban J connectivity index is 5.72. The fourth-order valence-electron chi connectivity index (χ4n) is 3.01. The summed E-state index contributed by atoms with van der Waals surface area (Å²) in [5, 5.41) is 35.2. The van der Waals surface area contributed by atoms with E-state index >= 15 is 0 Å². The number of aliphatic hydroxyl groups is 1. The first-order valence-corrected chi connectivity index (χ1v) is 11.6. The van der Waals surface area contributed by atoms with E-state index in [1.54, 1.807) is 13.8 Å². The van der Waals surface area contributed by atoms with Crippen molar-refractivity contribution in [2.24, 2.45) is 28.1 Å². The van der Waals surface area contributed by atoms with Gasteiger partial charge in [-0.05, 0) is 32.1 Å². The van der Waals surface area contributed by atoms with Crippen LogP contribution in [0.25, 0.3) is 0 Å². The molecule has 0 rings (SSSR count). The van der Waals surface area contributed by atoms with Gasteiger partial charge in [-0.2, -0.15) is 0 Å². The fourth-order valence-corrected chi connectivity index (χ4v) is 3.01. The zero-order valence-corrected chi connectivity index (χ0v) is 20.8. The minimum atomic E-state index is -1.40. The van der Waals surface area contributed by atoms with Crippen LogP contribution in [0.15, 0.2) is 4.99 Å². The number of aliphatic carboxylic acids is 2. The van der Waals surface area contributed by atoms with Crippen molar-refractivity contribution >= 4 is 35.6 Å². The molecule has 0 aromatic heterocycles. The molecule has 15 heteroatoms. The van der Waals surface area contributed by atoms with E-state index in [9.17, 15) is 34.2 Å². The summed E-state index contributed by atoms with van der Waals surface area (Å²) < 4.78 is 0. The van der Waals surface area contributed by atoms with Gasteiger partial charge in [-0.3, -0.25) is 24.2 Å². The lowest BCUT2D eigenvalue weighted by atomic mass is 9.98. The molecule has 36 heavy (non-hydrogen) atoms. The first-order valence-electron chi connectivity index (χ1n) is 11.6. The van der Waals surface area contributed by atoms with Crippen LogP contribution in [0, 0.1) is 5.92 Å². The van der Waals surface area contributed by atoms with E-state index in [0.717, 1.165) is 0 Å². The normalized spacial score (nSPS) is 15.8. The number of rotatable bonds is 17. The zero-order valence-electron chi connectivity index (χ0n) is 20.8. The Bertz CT molecular complexity index is 801.